The third-order valence-electron chi connectivity index (χ3n) is 3.46. The number of hydrogen-bond donors (Lipinski definition) is 1. The quantitative estimate of drug-likeness (QED) is 0.750. The van der Waals surface area contributed by atoms with E-state index in [-0.39, 0.29) is 0 Å². The lowest BCUT2D eigenvalue weighted by molar-refractivity contribution is 0.785. The Morgan fingerprint density at radius 1 is 1.15 bits per heavy atom. The lowest BCUT2D eigenvalue weighted by Gasteiger charge is -2.11. The minimum absolute atomic E-state index is 0.433. The number of fused-ring (bicyclic) bond motifs is 1. The van der Waals surface area contributed by atoms with Gasteiger partial charge in [0.05, 0.1) is 17.6 Å². The second-order valence-corrected chi connectivity index (χ2v) is 5.20. The first-order valence-corrected chi connectivity index (χ1v) is 6.87. The predicted molar refractivity (Wildman–Crippen MR) is 85.9 cm³/mol. The van der Waals surface area contributed by atoms with E-state index in [0.29, 0.717) is 4.99 Å². The Bertz CT molecular complexity index is 789. The SMILES string of the molecule is Cc1nc2ccccc2n1Cc1ccccc1C(N)=S. The smallest absolute Gasteiger partial charge is 0.107 e. The summed E-state index contributed by atoms with van der Waals surface area (Å²) in [5.74, 6) is 0.990. The van der Waals surface area contributed by atoms with Crippen molar-refractivity contribution < 1.29 is 0 Å². The second-order valence-electron chi connectivity index (χ2n) is 4.76. The van der Waals surface area contributed by atoms with Crippen LogP contribution in [-0.2, 0) is 6.54 Å². The van der Waals surface area contributed by atoms with Crippen molar-refractivity contribution in [3.8, 4) is 0 Å². The van der Waals surface area contributed by atoms with Gasteiger partial charge in [-0.25, -0.2) is 4.98 Å². The van der Waals surface area contributed by atoms with Crippen molar-refractivity contribution in [2.75, 3.05) is 0 Å². The molecule has 0 aliphatic carbocycles. The van der Waals surface area contributed by atoms with Crippen LogP contribution in [0.2, 0.25) is 0 Å². The van der Waals surface area contributed by atoms with Gasteiger partial charge in [0.15, 0.2) is 0 Å². The molecule has 3 rings (SSSR count). The summed E-state index contributed by atoms with van der Waals surface area (Å²) in [6.07, 6.45) is 0. The Labute approximate surface area is 123 Å². The predicted octanol–water partition coefficient (Wildman–Crippen LogP) is 3.03. The average molecular weight is 281 g/mol. The van der Waals surface area contributed by atoms with Crippen molar-refractivity contribution in [3.05, 3.63) is 65.5 Å². The average Bonchev–Trinajstić information content (AvgIpc) is 2.76. The monoisotopic (exact) mass is 281 g/mol. The first-order valence-electron chi connectivity index (χ1n) is 6.46. The van der Waals surface area contributed by atoms with E-state index in [1.807, 2.05) is 43.3 Å². The van der Waals surface area contributed by atoms with Gasteiger partial charge in [0, 0.05) is 5.56 Å². The molecule has 0 radical (unpaired) electrons. The molecule has 0 saturated heterocycles. The Kier molecular flexibility index (Phi) is 3.24. The first kappa shape index (κ1) is 12.8. The molecule has 1 aromatic heterocycles. The van der Waals surface area contributed by atoms with Crippen molar-refractivity contribution in [2.24, 2.45) is 5.73 Å². The number of nitrogens with zero attached hydrogens (tertiary/aromatic N) is 2. The van der Waals surface area contributed by atoms with Crippen molar-refractivity contribution >= 4 is 28.2 Å². The number of aryl methyl sites for hydroxylation is 1. The largest absolute Gasteiger partial charge is 0.389 e. The highest BCUT2D eigenvalue weighted by Gasteiger charge is 2.10. The van der Waals surface area contributed by atoms with E-state index in [1.165, 1.54) is 0 Å². The summed E-state index contributed by atoms with van der Waals surface area (Å²) in [5.41, 5.74) is 9.99. The van der Waals surface area contributed by atoms with Crippen LogP contribution in [0.4, 0.5) is 0 Å². The minimum atomic E-state index is 0.433. The molecule has 4 heteroatoms. The van der Waals surface area contributed by atoms with E-state index in [9.17, 15) is 0 Å². The zero-order chi connectivity index (χ0) is 14.1. The maximum absolute atomic E-state index is 5.80. The van der Waals surface area contributed by atoms with E-state index >= 15 is 0 Å². The molecule has 0 spiro atoms. The van der Waals surface area contributed by atoms with Gasteiger partial charge in [-0.3, -0.25) is 0 Å². The lowest BCUT2D eigenvalue weighted by Crippen LogP contribution is -2.14. The van der Waals surface area contributed by atoms with E-state index in [2.05, 4.69) is 21.7 Å². The molecule has 20 heavy (non-hydrogen) atoms. The highest BCUT2D eigenvalue weighted by atomic mass is 32.1. The number of rotatable bonds is 3. The Morgan fingerprint density at radius 3 is 2.65 bits per heavy atom. The molecule has 2 N–H and O–H groups in total. The molecule has 100 valence electrons. The van der Waals surface area contributed by atoms with E-state index < -0.39 is 0 Å². The van der Waals surface area contributed by atoms with Crippen LogP contribution in [0.1, 0.15) is 17.0 Å². The van der Waals surface area contributed by atoms with Crippen LogP contribution in [0.15, 0.2) is 48.5 Å². The molecule has 0 bridgehead atoms. The third kappa shape index (κ3) is 2.18. The fourth-order valence-corrected chi connectivity index (χ4v) is 2.66. The van der Waals surface area contributed by atoms with Gasteiger partial charge < -0.3 is 10.3 Å². The zero-order valence-electron chi connectivity index (χ0n) is 11.2. The first-order chi connectivity index (χ1) is 9.66. The molecule has 0 saturated carbocycles. The summed E-state index contributed by atoms with van der Waals surface area (Å²) in [6, 6.07) is 16.1. The van der Waals surface area contributed by atoms with Gasteiger partial charge >= 0.3 is 0 Å². The van der Waals surface area contributed by atoms with Gasteiger partial charge in [0.1, 0.15) is 10.8 Å². The number of aromatic nitrogens is 2. The molecule has 0 fully saturated rings. The zero-order valence-corrected chi connectivity index (χ0v) is 12.0. The summed E-state index contributed by atoms with van der Waals surface area (Å²) in [4.78, 5) is 5.02. The van der Waals surface area contributed by atoms with E-state index in [0.717, 1.165) is 34.5 Å². The molecule has 3 nitrogen and oxygen atoms in total. The van der Waals surface area contributed by atoms with Crippen molar-refractivity contribution in [3.63, 3.8) is 0 Å². The van der Waals surface area contributed by atoms with E-state index in [4.69, 9.17) is 18.0 Å². The van der Waals surface area contributed by atoms with E-state index in [1.54, 1.807) is 0 Å². The van der Waals surface area contributed by atoms with Crippen LogP contribution in [0, 0.1) is 6.92 Å². The van der Waals surface area contributed by atoms with Crippen molar-refractivity contribution in [2.45, 2.75) is 13.5 Å². The number of imidazole rings is 1. The Morgan fingerprint density at radius 2 is 1.85 bits per heavy atom. The number of hydrogen-bond acceptors (Lipinski definition) is 2. The molecule has 2 aromatic carbocycles. The maximum Gasteiger partial charge on any atom is 0.107 e. The van der Waals surface area contributed by atoms with Gasteiger partial charge in [-0.1, -0.05) is 48.6 Å². The number of benzene rings is 2. The summed E-state index contributed by atoms with van der Waals surface area (Å²) >= 11 is 5.13. The molecular formula is C16H15N3S. The van der Waals surface area contributed by atoms with Gasteiger partial charge in [0.2, 0.25) is 0 Å². The van der Waals surface area contributed by atoms with Gasteiger partial charge in [-0.05, 0) is 24.6 Å². The van der Waals surface area contributed by atoms with Gasteiger partial charge in [-0.2, -0.15) is 0 Å². The molecule has 0 aliphatic rings. The molecule has 0 unspecified atom stereocenters. The topological polar surface area (TPSA) is 43.8 Å². The van der Waals surface area contributed by atoms with Crippen LogP contribution >= 0.6 is 12.2 Å². The Balaban J connectivity index is 2.10. The van der Waals surface area contributed by atoms with Crippen LogP contribution in [0.25, 0.3) is 11.0 Å². The molecule has 1 heterocycles. The molecular weight excluding hydrogens is 266 g/mol. The van der Waals surface area contributed by atoms with Crippen LogP contribution in [0.5, 0.6) is 0 Å². The molecule has 3 aromatic rings. The Hall–Kier alpha value is -2.20. The summed E-state index contributed by atoms with van der Waals surface area (Å²) in [7, 11) is 0. The lowest BCUT2D eigenvalue weighted by atomic mass is 10.1. The minimum Gasteiger partial charge on any atom is -0.389 e. The number of para-hydroxylation sites is 2. The molecule has 0 amide bonds. The van der Waals surface area contributed by atoms with Crippen LogP contribution in [0.3, 0.4) is 0 Å². The van der Waals surface area contributed by atoms with Crippen LogP contribution in [-0.4, -0.2) is 14.5 Å². The second kappa shape index (κ2) is 5.06. The third-order valence-corrected chi connectivity index (χ3v) is 3.68. The van der Waals surface area contributed by atoms with Gasteiger partial charge in [-0.15, -0.1) is 0 Å². The fraction of sp³-hybridized carbons (Fsp3) is 0.125. The van der Waals surface area contributed by atoms with Crippen molar-refractivity contribution in [1.29, 1.82) is 0 Å². The number of thiocarbonyl (C=S) groups is 1. The highest BCUT2D eigenvalue weighted by Crippen LogP contribution is 2.19. The summed E-state index contributed by atoms with van der Waals surface area (Å²) < 4.78 is 2.19. The molecule has 0 aliphatic heterocycles. The summed E-state index contributed by atoms with van der Waals surface area (Å²) in [5, 5.41) is 0. The van der Waals surface area contributed by atoms with Crippen molar-refractivity contribution in [1.82, 2.24) is 9.55 Å². The molecule has 0 atom stereocenters. The highest BCUT2D eigenvalue weighted by molar-refractivity contribution is 7.80. The summed E-state index contributed by atoms with van der Waals surface area (Å²) in [6.45, 7) is 2.74. The standard InChI is InChI=1S/C16H15N3S/c1-11-18-14-8-4-5-9-15(14)19(11)10-12-6-2-3-7-13(12)16(17)20/h2-9H,10H2,1H3,(H2,17,20). The van der Waals surface area contributed by atoms with Crippen LogP contribution < -0.4 is 5.73 Å². The normalized spacial score (nSPS) is 10.8. The number of nitrogens with two attached hydrogens (primary N) is 1. The van der Waals surface area contributed by atoms with Gasteiger partial charge in [0.25, 0.3) is 0 Å². The maximum atomic E-state index is 5.80. The fourth-order valence-electron chi connectivity index (χ4n) is 2.46.